The normalized spacial score (nSPS) is 15.7. The molecule has 4 heteroatoms. The van der Waals surface area contributed by atoms with Crippen molar-refractivity contribution in [2.24, 2.45) is 5.92 Å². The van der Waals surface area contributed by atoms with Gasteiger partial charge in [-0.1, -0.05) is 6.07 Å². The zero-order chi connectivity index (χ0) is 12.6. The summed E-state index contributed by atoms with van der Waals surface area (Å²) in [6.07, 6.45) is 2.16. The SMILES string of the molecule is CC(C)(NC(=O)c1c(O)cccc1F)C1CC1. The number of hydrogen-bond donors (Lipinski definition) is 2. The van der Waals surface area contributed by atoms with E-state index in [0.717, 1.165) is 12.8 Å². The number of amides is 1. The summed E-state index contributed by atoms with van der Waals surface area (Å²) in [5.74, 6) is -1.14. The number of hydrogen-bond acceptors (Lipinski definition) is 2. The van der Waals surface area contributed by atoms with Crippen molar-refractivity contribution in [1.29, 1.82) is 0 Å². The first-order valence-corrected chi connectivity index (χ1v) is 5.72. The van der Waals surface area contributed by atoms with Gasteiger partial charge in [0.1, 0.15) is 17.1 Å². The predicted octanol–water partition coefficient (Wildman–Crippen LogP) is 2.45. The van der Waals surface area contributed by atoms with Gasteiger partial charge in [0.25, 0.3) is 5.91 Å². The molecule has 1 aliphatic carbocycles. The predicted molar refractivity (Wildman–Crippen MR) is 62.3 cm³/mol. The Balaban J connectivity index is 2.20. The van der Waals surface area contributed by atoms with Gasteiger partial charge in [-0.25, -0.2) is 4.39 Å². The molecule has 1 amide bonds. The molecule has 3 nitrogen and oxygen atoms in total. The van der Waals surface area contributed by atoms with Gasteiger partial charge in [0, 0.05) is 5.54 Å². The maximum absolute atomic E-state index is 13.5. The van der Waals surface area contributed by atoms with Crippen molar-refractivity contribution < 1.29 is 14.3 Å². The molecule has 0 unspecified atom stereocenters. The standard InChI is InChI=1S/C13H16FNO2/c1-13(2,8-6-7-8)15-12(17)11-9(14)4-3-5-10(11)16/h3-5,8,16H,6-7H2,1-2H3,(H,15,17). The van der Waals surface area contributed by atoms with E-state index < -0.39 is 11.7 Å². The van der Waals surface area contributed by atoms with E-state index in [1.54, 1.807) is 0 Å². The molecule has 2 N–H and O–H groups in total. The minimum Gasteiger partial charge on any atom is -0.507 e. The fourth-order valence-electron chi connectivity index (χ4n) is 2.00. The molecular formula is C13H16FNO2. The second kappa shape index (κ2) is 4.02. The van der Waals surface area contributed by atoms with E-state index in [-0.39, 0.29) is 16.9 Å². The third kappa shape index (κ3) is 2.40. The van der Waals surface area contributed by atoms with Crippen LogP contribution >= 0.6 is 0 Å². The van der Waals surface area contributed by atoms with Crippen LogP contribution in [0.4, 0.5) is 4.39 Å². The van der Waals surface area contributed by atoms with Crippen molar-refractivity contribution in [1.82, 2.24) is 5.32 Å². The summed E-state index contributed by atoms with van der Waals surface area (Å²) in [7, 11) is 0. The Morgan fingerprint density at radius 2 is 2.12 bits per heavy atom. The molecule has 1 aliphatic rings. The highest BCUT2D eigenvalue weighted by Gasteiger charge is 2.39. The number of phenolic OH excluding ortho intramolecular Hbond substituents is 1. The van der Waals surface area contributed by atoms with Crippen molar-refractivity contribution >= 4 is 5.91 Å². The van der Waals surface area contributed by atoms with Gasteiger partial charge in [-0.2, -0.15) is 0 Å². The average Bonchev–Trinajstić information content (AvgIpc) is 2.98. The monoisotopic (exact) mass is 237 g/mol. The van der Waals surface area contributed by atoms with Crippen LogP contribution in [-0.4, -0.2) is 16.6 Å². The van der Waals surface area contributed by atoms with E-state index in [1.165, 1.54) is 18.2 Å². The van der Waals surface area contributed by atoms with Crippen molar-refractivity contribution in [3.8, 4) is 5.75 Å². The first-order valence-electron chi connectivity index (χ1n) is 5.72. The van der Waals surface area contributed by atoms with Gasteiger partial charge in [0.05, 0.1) is 0 Å². The molecule has 0 aliphatic heterocycles. The van der Waals surface area contributed by atoms with Gasteiger partial charge in [0.2, 0.25) is 0 Å². The van der Waals surface area contributed by atoms with Crippen LogP contribution in [0.2, 0.25) is 0 Å². The third-order valence-corrected chi connectivity index (χ3v) is 3.25. The van der Waals surface area contributed by atoms with Gasteiger partial charge in [-0.05, 0) is 44.7 Å². The van der Waals surface area contributed by atoms with Crippen LogP contribution in [0.25, 0.3) is 0 Å². The molecule has 2 rings (SSSR count). The summed E-state index contributed by atoms with van der Waals surface area (Å²) in [6, 6.07) is 3.84. The number of nitrogens with one attached hydrogen (secondary N) is 1. The fourth-order valence-corrected chi connectivity index (χ4v) is 2.00. The maximum atomic E-state index is 13.5. The summed E-state index contributed by atoms with van der Waals surface area (Å²) in [5, 5.41) is 12.3. The molecule has 0 heterocycles. The maximum Gasteiger partial charge on any atom is 0.258 e. The van der Waals surface area contributed by atoms with Crippen LogP contribution in [-0.2, 0) is 0 Å². The number of phenols is 1. The first-order chi connectivity index (χ1) is 7.92. The van der Waals surface area contributed by atoms with Crippen LogP contribution in [0, 0.1) is 11.7 Å². The van der Waals surface area contributed by atoms with Crippen LogP contribution in [0.3, 0.4) is 0 Å². The highest BCUT2D eigenvalue weighted by molar-refractivity contribution is 5.97. The summed E-state index contributed by atoms with van der Waals surface area (Å²) in [5.41, 5.74) is -0.632. The highest BCUT2D eigenvalue weighted by Crippen LogP contribution is 2.39. The Hall–Kier alpha value is -1.58. The molecule has 17 heavy (non-hydrogen) atoms. The minimum atomic E-state index is -0.700. The van der Waals surface area contributed by atoms with Crippen molar-refractivity contribution in [3.05, 3.63) is 29.6 Å². The molecule has 0 bridgehead atoms. The molecule has 1 saturated carbocycles. The van der Waals surface area contributed by atoms with Crippen LogP contribution in [0.15, 0.2) is 18.2 Å². The molecule has 0 radical (unpaired) electrons. The third-order valence-electron chi connectivity index (χ3n) is 3.25. The van der Waals surface area contributed by atoms with E-state index >= 15 is 0 Å². The molecule has 0 atom stereocenters. The number of halogens is 1. The van der Waals surface area contributed by atoms with E-state index in [4.69, 9.17) is 0 Å². The summed E-state index contributed by atoms with van der Waals surface area (Å²) < 4.78 is 13.5. The van der Waals surface area contributed by atoms with Gasteiger partial charge >= 0.3 is 0 Å². The Morgan fingerprint density at radius 1 is 1.47 bits per heavy atom. The number of carbonyl (C=O) groups excluding carboxylic acids is 1. The fraction of sp³-hybridized carbons (Fsp3) is 0.462. The van der Waals surface area contributed by atoms with E-state index in [2.05, 4.69) is 5.32 Å². The molecule has 92 valence electrons. The zero-order valence-corrected chi connectivity index (χ0v) is 9.96. The average molecular weight is 237 g/mol. The number of aromatic hydroxyl groups is 1. The molecule has 1 aromatic rings. The molecule has 0 aromatic heterocycles. The van der Waals surface area contributed by atoms with Crippen molar-refractivity contribution in [2.45, 2.75) is 32.2 Å². The van der Waals surface area contributed by atoms with Crippen LogP contribution < -0.4 is 5.32 Å². The minimum absolute atomic E-state index is 0.277. The van der Waals surface area contributed by atoms with Gasteiger partial charge in [-0.15, -0.1) is 0 Å². The summed E-state index contributed by atoms with van der Waals surface area (Å²) in [6.45, 7) is 3.83. The Bertz CT molecular complexity index is 432. The largest absolute Gasteiger partial charge is 0.507 e. The molecular weight excluding hydrogens is 221 g/mol. The van der Waals surface area contributed by atoms with E-state index in [1.807, 2.05) is 13.8 Å². The van der Waals surface area contributed by atoms with Crippen LogP contribution in [0.5, 0.6) is 5.75 Å². The Morgan fingerprint density at radius 3 is 2.65 bits per heavy atom. The lowest BCUT2D eigenvalue weighted by atomic mass is 9.98. The van der Waals surface area contributed by atoms with Gasteiger partial charge in [0.15, 0.2) is 0 Å². The second-order valence-corrected chi connectivity index (χ2v) is 5.08. The van der Waals surface area contributed by atoms with E-state index in [9.17, 15) is 14.3 Å². The number of rotatable bonds is 3. The Kier molecular flexibility index (Phi) is 2.81. The summed E-state index contributed by atoms with van der Waals surface area (Å²) >= 11 is 0. The topological polar surface area (TPSA) is 49.3 Å². The molecule has 1 fully saturated rings. The lowest BCUT2D eigenvalue weighted by Gasteiger charge is -2.26. The molecule has 1 aromatic carbocycles. The second-order valence-electron chi connectivity index (χ2n) is 5.08. The molecule has 0 spiro atoms. The van der Waals surface area contributed by atoms with E-state index in [0.29, 0.717) is 5.92 Å². The lowest BCUT2D eigenvalue weighted by molar-refractivity contribution is 0.0896. The quantitative estimate of drug-likeness (QED) is 0.848. The lowest BCUT2D eigenvalue weighted by Crippen LogP contribution is -2.45. The number of carbonyl (C=O) groups is 1. The van der Waals surface area contributed by atoms with Crippen molar-refractivity contribution in [2.75, 3.05) is 0 Å². The smallest absolute Gasteiger partial charge is 0.258 e. The van der Waals surface area contributed by atoms with Crippen molar-refractivity contribution in [3.63, 3.8) is 0 Å². The van der Waals surface area contributed by atoms with Gasteiger partial charge in [-0.3, -0.25) is 4.79 Å². The zero-order valence-electron chi connectivity index (χ0n) is 9.96. The highest BCUT2D eigenvalue weighted by atomic mass is 19.1. The van der Waals surface area contributed by atoms with Gasteiger partial charge < -0.3 is 10.4 Å². The first kappa shape index (κ1) is 11.9. The summed E-state index contributed by atoms with van der Waals surface area (Å²) in [4.78, 5) is 11.9. The number of benzene rings is 1. The van der Waals surface area contributed by atoms with Crippen LogP contribution in [0.1, 0.15) is 37.0 Å². The Labute approximate surface area is 99.7 Å². The molecule has 0 saturated heterocycles.